The van der Waals surface area contributed by atoms with Crippen molar-refractivity contribution in [3.8, 4) is 16.9 Å². The highest BCUT2D eigenvalue weighted by molar-refractivity contribution is 7.90. The summed E-state index contributed by atoms with van der Waals surface area (Å²) in [6.07, 6.45) is 1.13. The quantitative estimate of drug-likeness (QED) is 0.643. The van der Waals surface area contributed by atoms with Crippen LogP contribution in [-0.4, -0.2) is 37.4 Å². The minimum atomic E-state index is -3.34. The number of benzene rings is 2. The van der Waals surface area contributed by atoms with Crippen LogP contribution in [0.2, 0.25) is 0 Å². The average Bonchev–Trinajstić information content (AvgIpc) is 2.99. The van der Waals surface area contributed by atoms with Crippen molar-refractivity contribution in [3.05, 3.63) is 71.7 Å². The van der Waals surface area contributed by atoms with Crippen LogP contribution in [0.15, 0.2) is 59.5 Å². The molecule has 1 aromatic heterocycles. The number of aliphatic carboxylic acids is 1. The lowest BCUT2D eigenvalue weighted by Crippen LogP contribution is -2.25. The molecule has 0 amide bonds. The highest BCUT2D eigenvalue weighted by atomic mass is 32.2. The van der Waals surface area contributed by atoms with Gasteiger partial charge < -0.3 is 15.0 Å². The smallest absolute Gasteiger partial charge is 0.325 e. The van der Waals surface area contributed by atoms with Crippen molar-refractivity contribution in [2.75, 3.05) is 13.3 Å². The normalized spacial score (nSPS) is 12.7. The van der Waals surface area contributed by atoms with Crippen molar-refractivity contribution in [2.24, 2.45) is 0 Å². The molecule has 1 unspecified atom stereocenters. The number of hydrogen-bond acceptors (Lipinski definition) is 4. The molecule has 0 aliphatic heterocycles. The monoisotopic (exact) mass is 416 g/mol. The van der Waals surface area contributed by atoms with E-state index < -0.39 is 21.8 Å². The van der Waals surface area contributed by atoms with Crippen molar-refractivity contribution in [3.63, 3.8) is 0 Å². The first-order valence-corrected chi connectivity index (χ1v) is 10.7. The van der Waals surface area contributed by atoms with Gasteiger partial charge in [-0.15, -0.1) is 0 Å². The van der Waals surface area contributed by atoms with Gasteiger partial charge in [0.25, 0.3) is 0 Å². The Bertz CT molecular complexity index is 1150. The zero-order chi connectivity index (χ0) is 21.3. The van der Waals surface area contributed by atoms with Gasteiger partial charge in [0.05, 0.1) is 10.6 Å². The van der Waals surface area contributed by atoms with E-state index in [0.29, 0.717) is 28.2 Å². The first kappa shape index (κ1) is 20.8. The number of carboxylic acid groups (broad SMARTS) is 1. The fraction of sp³-hybridized carbons (Fsp3) is 0.190. The van der Waals surface area contributed by atoms with Crippen molar-refractivity contribution in [1.29, 1.82) is 0 Å². The lowest BCUT2D eigenvalue weighted by molar-refractivity contribution is -0.139. The maximum Gasteiger partial charge on any atom is 0.325 e. The summed E-state index contributed by atoms with van der Waals surface area (Å²) >= 11 is 0. The van der Waals surface area contributed by atoms with E-state index in [0.717, 1.165) is 6.26 Å². The fourth-order valence-electron chi connectivity index (χ4n) is 3.34. The highest BCUT2D eigenvalue weighted by Crippen LogP contribution is 2.33. The van der Waals surface area contributed by atoms with Crippen LogP contribution in [-0.2, 0) is 14.6 Å². The maximum atomic E-state index is 13.4. The number of halogens is 1. The molecule has 0 saturated heterocycles. The summed E-state index contributed by atoms with van der Waals surface area (Å²) in [6.45, 7) is 1.79. The second kappa shape index (κ2) is 7.81. The van der Waals surface area contributed by atoms with Crippen LogP contribution < -0.4 is 5.32 Å². The highest BCUT2D eigenvalue weighted by Gasteiger charge is 2.25. The van der Waals surface area contributed by atoms with Crippen LogP contribution in [0.5, 0.6) is 0 Å². The summed E-state index contributed by atoms with van der Waals surface area (Å²) in [5.74, 6) is -1.40. The molecule has 8 heteroatoms. The lowest BCUT2D eigenvalue weighted by atomic mass is 10.1. The predicted molar refractivity (Wildman–Crippen MR) is 108 cm³/mol. The maximum absolute atomic E-state index is 13.4. The number of likely N-dealkylation sites (N-methyl/N-ethyl adjacent to an activating group) is 1. The molecule has 1 atom stereocenters. The molecule has 0 radical (unpaired) electrons. The zero-order valence-corrected chi connectivity index (χ0v) is 17.0. The van der Waals surface area contributed by atoms with Gasteiger partial charge in [-0.25, -0.2) is 12.8 Å². The minimum absolute atomic E-state index is 0.191. The Kier molecular flexibility index (Phi) is 5.59. The molecule has 2 N–H and O–H groups in total. The molecule has 0 saturated carbocycles. The molecule has 2 aromatic carbocycles. The average molecular weight is 416 g/mol. The molecule has 0 spiro atoms. The molecule has 1 heterocycles. The van der Waals surface area contributed by atoms with Crippen LogP contribution in [0.1, 0.15) is 17.3 Å². The molecular formula is C21H21FN2O4S. The number of sulfone groups is 1. The Balaban J connectivity index is 2.24. The first-order valence-electron chi connectivity index (χ1n) is 8.82. The first-order chi connectivity index (χ1) is 13.6. The fourth-order valence-corrected chi connectivity index (χ4v) is 3.97. The summed E-state index contributed by atoms with van der Waals surface area (Å²) in [6, 6.07) is 13.1. The van der Waals surface area contributed by atoms with Crippen molar-refractivity contribution >= 4 is 15.8 Å². The Labute approximate surface area is 168 Å². The Morgan fingerprint density at radius 2 is 1.69 bits per heavy atom. The third-order valence-electron chi connectivity index (χ3n) is 4.80. The number of carbonyl (C=O) groups is 1. The van der Waals surface area contributed by atoms with E-state index in [2.05, 4.69) is 5.32 Å². The summed E-state index contributed by atoms with van der Waals surface area (Å²) in [5, 5.41) is 12.4. The molecular weight excluding hydrogens is 395 g/mol. The van der Waals surface area contributed by atoms with Gasteiger partial charge in [-0.1, -0.05) is 12.1 Å². The lowest BCUT2D eigenvalue weighted by Gasteiger charge is -2.14. The third-order valence-corrected chi connectivity index (χ3v) is 5.92. The molecule has 0 aliphatic carbocycles. The van der Waals surface area contributed by atoms with Gasteiger partial charge in [0, 0.05) is 23.2 Å². The molecule has 3 rings (SSSR count). The van der Waals surface area contributed by atoms with Crippen LogP contribution in [0.25, 0.3) is 16.9 Å². The molecule has 152 valence electrons. The standard InChI is InChI=1S/C21H21FN2O4S/c1-13-18(20(23-2)21(25)26)12-19(24(13)16-8-6-15(22)7-9-16)14-4-10-17(11-5-14)29(3,27)28/h4-12,20,23H,1-3H3,(H,25,26). The number of hydrogen-bond donors (Lipinski definition) is 2. The molecule has 6 nitrogen and oxygen atoms in total. The van der Waals surface area contributed by atoms with Gasteiger partial charge in [-0.2, -0.15) is 0 Å². The van der Waals surface area contributed by atoms with E-state index in [1.54, 1.807) is 44.3 Å². The summed E-state index contributed by atoms with van der Waals surface area (Å²) in [7, 11) is -1.77. The molecule has 29 heavy (non-hydrogen) atoms. The topological polar surface area (TPSA) is 88.4 Å². The Morgan fingerprint density at radius 3 is 2.17 bits per heavy atom. The van der Waals surface area contributed by atoms with E-state index in [4.69, 9.17) is 0 Å². The second-order valence-corrected chi connectivity index (χ2v) is 8.75. The van der Waals surface area contributed by atoms with E-state index in [-0.39, 0.29) is 10.7 Å². The third kappa shape index (κ3) is 4.08. The van der Waals surface area contributed by atoms with Crippen LogP contribution in [0.3, 0.4) is 0 Å². The number of aromatic nitrogens is 1. The van der Waals surface area contributed by atoms with Gasteiger partial charge in [-0.05, 0) is 62.0 Å². The largest absolute Gasteiger partial charge is 0.480 e. The van der Waals surface area contributed by atoms with Crippen LogP contribution in [0.4, 0.5) is 4.39 Å². The molecule has 0 aliphatic rings. The number of nitrogens with one attached hydrogen (secondary N) is 1. The predicted octanol–water partition coefficient (Wildman–Crippen LogP) is 3.34. The Hall–Kier alpha value is -2.97. The molecule has 0 bridgehead atoms. The number of carboxylic acids is 1. The van der Waals surface area contributed by atoms with Gasteiger partial charge in [-0.3, -0.25) is 4.79 Å². The molecule has 0 fully saturated rings. The van der Waals surface area contributed by atoms with Crippen molar-refractivity contribution < 1.29 is 22.7 Å². The zero-order valence-electron chi connectivity index (χ0n) is 16.2. The van der Waals surface area contributed by atoms with Crippen molar-refractivity contribution in [2.45, 2.75) is 17.9 Å². The van der Waals surface area contributed by atoms with Gasteiger partial charge in [0.15, 0.2) is 9.84 Å². The van der Waals surface area contributed by atoms with Gasteiger partial charge in [0.1, 0.15) is 11.9 Å². The number of nitrogens with zero attached hydrogens (tertiary/aromatic N) is 1. The summed E-state index contributed by atoms with van der Waals surface area (Å²) in [5.41, 5.74) is 3.28. The van der Waals surface area contributed by atoms with E-state index >= 15 is 0 Å². The van der Waals surface area contributed by atoms with E-state index in [1.165, 1.54) is 24.3 Å². The molecule has 3 aromatic rings. The number of rotatable bonds is 6. The van der Waals surface area contributed by atoms with Gasteiger partial charge >= 0.3 is 5.97 Å². The van der Waals surface area contributed by atoms with E-state index in [1.807, 2.05) is 4.57 Å². The second-order valence-electron chi connectivity index (χ2n) is 6.74. The summed E-state index contributed by atoms with van der Waals surface area (Å²) in [4.78, 5) is 11.9. The van der Waals surface area contributed by atoms with Crippen LogP contribution in [0, 0.1) is 12.7 Å². The van der Waals surface area contributed by atoms with Crippen LogP contribution >= 0.6 is 0 Å². The van der Waals surface area contributed by atoms with Crippen molar-refractivity contribution in [1.82, 2.24) is 9.88 Å². The Morgan fingerprint density at radius 1 is 1.10 bits per heavy atom. The van der Waals surface area contributed by atoms with Gasteiger partial charge in [0.2, 0.25) is 0 Å². The SMILES string of the molecule is CNC(C(=O)O)c1cc(-c2ccc(S(C)(=O)=O)cc2)n(-c2ccc(F)cc2)c1C. The van der Waals surface area contributed by atoms with E-state index in [9.17, 15) is 22.7 Å². The summed E-state index contributed by atoms with van der Waals surface area (Å²) < 4.78 is 38.7. The minimum Gasteiger partial charge on any atom is -0.480 e.